The van der Waals surface area contributed by atoms with Crippen molar-refractivity contribution in [1.82, 2.24) is 5.32 Å². The summed E-state index contributed by atoms with van der Waals surface area (Å²) >= 11 is 0. The molecule has 0 amide bonds. The summed E-state index contributed by atoms with van der Waals surface area (Å²) in [5.41, 5.74) is 3.56. The molecule has 1 atom stereocenters. The molecule has 0 heterocycles. The van der Waals surface area contributed by atoms with E-state index >= 15 is 0 Å². The number of nitrogens with one attached hydrogen (secondary N) is 1. The molecule has 0 aromatic heterocycles. The van der Waals surface area contributed by atoms with Crippen molar-refractivity contribution in [1.29, 1.82) is 0 Å². The summed E-state index contributed by atoms with van der Waals surface area (Å²) in [7, 11) is 4.92. The first-order valence-corrected chi connectivity index (χ1v) is 7.67. The van der Waals surface area contributed by atoms with Gasteiger partial charge in [-0.25, -0.2) is 0 Å². The van der Waals surface area contributed by atoms with Crippen molar-refractivity contribution in [3.05, 3.63) is 53.1 Å². The van der Waals surface area contributed by atoms with Gasteiger partial charge in [0.1, 0.15) is 5.75 Å². The second kappa shape index (κ2) is 7.88. The van der Waals surface area contributed by atoms with Crippen LogP contribution < -0.4 is 19.5 Å². The van der Waals surface area contributed by atoms with Crippen LogP contribution in [0, 0.1) is 6.92 Å². The van der Waals surface area contributed by atoms with E-state index in [9.17, 15) is 0 Å². The fraction of sp³-hybridized carbons (Fsp3) is 0.368. The highest BCUT2D eigenvalue weighted by Gasteiger charge is 2.13. The molecule has 0 saturated carbocycles. The van der Waals surface area contributed by atoms with Gasteiger partial charge >= 0.3 is 0 Å². The Kier molecular flexibility index (Phi) is 5.88. The van der Waals surface area contributed by atoms with Gasteiger partial charge in [-0.15, -0.1) is 0 Å². The van der Waals surface area contributed by atoms with Crippen LogP contribution in [-0.4, -0.2) is 21.3 Å². The summed E-state index contributed by atoms with van der Waals surface area (Å²) in [6.07, 6.45) is 0. The van der Waals surface area contributed by atoms with Crippen molar-refractivity contribution < 1.29 is 14.2 Å². The second-order valence-corrected chi connectivity index (χ2v) is 5.53. The van der Waals surface area contributed by atoms with Gasteiger partial charge in [-0.3, -0.25) is 0 Å². The standard InChI is InChI=1S/C19H25NO3/c1-13-6-8-15(9-7-13)14(2)20-12-16-10-18(22-4)19(23-5)11-17(16)21-3/h6-11,14,20H,12H2,1-5H3. The highest BCUT2D eigenvalue weighted by Crippen LogP contribution is 2.34. The predicted octanol–water partition coefficient (Wildman–Crippen LogP) is 3.87. The largest absolute Gasteiger partial charge is 0.496 e. The first kappa shape index (κ1) is 17.2. The van der Waals surface area contributed by atoms with Crippen LogP contribution in [0.3, 0.4) is 0 Å². The molecular formula is C19H25NO3. The summed E-state index contributed by atoms with van der Waals surface area (Å²) in [5, 5.41) is 3.52. The Morgan fingerprint density at radius 1 is 0.870 bits per heavy atom. The highest BCUT2D eigenvalue weighted by molar-refractivity contribution is 5.50. The minimum absolute atomic E-state index is 0.244. The van der Waals surface area contributed by atoms with Gasteiger partial charge in [-0.2, -0.15) is 0 Å². The Morgan fingerprint density at radius 3 is 2.00 bits per heavy atom. The molecule has 1 unspecified atom stereocenters. The van der Waals surface area contributed by atoms with E-state index in [2.05, 4.69) is 43.4 Å². The Bertz CT molecular complexity index is 638. The highest BCUT2D eigenvalue weighted by atomic mass is 16.5. The Hall–Kier alpha value is -2.20. The lowest BCUT2D eigenvalue weighted by Gasteiger charge is -2.18. The molecule has 0 bridgehead atoms. The van der Waals surface area contributed by atoms with Crippen molar-refractivity contribution in [3.8, 4) is 17.2 Å². The maximum atomic E-state index is 5.47. The van der Waals surface area contributed by atoms with Gasteiger partial charge in [0.05, 0.1) is 21.3 Å². The fourth-order valence-electron chi connectivity index (χ4n) is 2.47. The van der Waals surface area contributed by atoms with Gasteiger partial charge in [0.25, 0.3) is 0 Å². The fourth-order valence-corrected chi connectivity index (χ4v) is 2.47. The number of rotatable bonds is 7. The number of methoxy groups -OCH3 is 3. The van der Waals surface area contributed by atoms with Crippen LogP contribution in [0.5, 0.6) is 17.2 Å². The van der Waals surface area contributed by atoms with E-state index in [1.807, 2.05) is 12.1 Å². The molecule has 0 fully saturated rings. The average molecular weight is 315 g/mol. The maximum Gasteiger partial charge on any atom is 0.164 e. The third kappa shape index (κ3) is 4.17. The van der Waals surface area contributed by atoms with Crippen LogP contribution in [0.1, 0.15) is 29.7 Å². The van der Waals surface area contributed by atoms with Crippen LogP contribution in [0.25, 0.3) is 0 Å². The lowest BCUT2D eigenvalue weighted by Crippen LogP contribution is -2.18. The molecule has 2 aromatic carbocycles. The van der Waals surface area contributed by atoms with E-state index in [0.29, 0.717) is 18.0 Å². The summed E-state index contributed by atoms with van der Waals surface area (Å²) < 4.78 is 16.2. The Morgan fingerprint density at radius 2 is 1.43 bits per heavy atom. The quantitative estimate of drug-likeness (QED) is 0.842. The van der Waals surface area contributed by atoms with E-state index in [-0.39, 0.29) is 6.04 Å². The van der Waals surface area contributed by atoms with Crippen molar-refractivity contribution in [3.63, 3.8) is 0 Å². The zero-order valence-electron chi connectivity index (χ0n) is 14.5. The molecule has 1 N–H and O–H groups in total. The van der Waals surface area contributed by atoms with Crippen molar-refractivity contribution in [2.24, 2.45) is 0 Å². The molecule has 0 spiro atoms. The average Bonchev–Trinajstić information content (AvgIpc) is 2.59. The smallest absolute Gasteiger partial charge is 0.164 e. The minimum atomic E-state index is 0.244. The van der Waals surface area contributed by atoms with Crippen molar-refractivity contribution in [2.75, 3.05) is 21.3 Å². The Balaban J connectivity index is 2.14. The second-order valence-electron chi connectivity index (χ2n) is 5.53. The third-order valence-corrected chi connectivity index (χ3v) is 3.96. The van der Waals surface area contributed by atoms with Crippen LogP contribution >= 0.6 is 0 Å². The zero-order valence-corrected chi connectivity index (χ0v) is 14.5. The van der Waals surface area contributed by atoms with Crippen LogP contribution in [0.2, 0.25) is 0 Å². The number of ether oxygens (including phenoxy) is 3. The molecular weight excluding hydrogens is 290 g/mol. The molecule has 0 aliphatic rings. The molecule has 124 valence electrons. The first-order valence-electron chi connectivity index (χ1n) is 7.67. The SMILES string of the molecule is COc1cc(OC)c(OC)cc1CNC(C)c1ccc(C)cc1. The van der Waals surface area contributed by atoms with Gasteiger partial charge in [-0.1, -0.05) is 29.8 Å². The van der Waals surface area contributed by atoms with Gasteiger partial charge in [-0.05, 0) is 25.5 Å². The van der Waals surface area contributed by atoms with Crippen molar-refractivity contribution >= 4 is 0 Å². The molecule has 2 rings (SSSR count). The topological polar surface area (TPSA) is 39.7 Å². The number of aryl methyl sites for hydroxylation is 1. The van der Waals surface area contributed by atoms with Crippen molar-refractivity contribution in [2.45, 2.75) is 26.4 Å². The van der Waals surface area contributed by atoms with E-state index in [4.69, 9.17) is 14.2 Å². The predicted molar refractivity (Wildman–Crippen MR) is 92.5 cm³/mol. The number of benzene rings is 2. The first-order chi connectivity index (χ1) is 11.1. The zero-order chi connectivity index (χ0) is 16.8. The van der Waals surface area contributed by atoms with E-state index in [0.717, 1.165) is 11.3 Å². The summed E-state index contributed by atoms with van der Waals surface area (Å²) in [6.45, 7) is 4.92. The van der Waals surface area contributed by atoms with Gasteiger partial charge < -0.3 is 19.5 Å². The number of hydrogen-bond donors (Lipinski definition) is 1. The molecule has 0 aliphatic heterocycles. The normalized spacial score (nSPS) is 11.9. The van der Waals surface area contributed by atoms with Crippen LogP contribution in [0.15, 0.2) is 36.4 Å². The molecule has 2 aromatic rings. The van der Waals surface area contributed by atoms with Crippen LogP contribution in [-0.2, 0) is 6.54 Å². The molecule has 4 nitrogen and oxygen atoms in total. The molecule has 0 aliphatic carbocycles. The lowest BCUT2D eigenvalue weighted by atomic mass is 10.1. The summed E-state index contributed by atoms with van der Waals surface area (Å²) in [6, 6.07) is 12.6. The minimum Gasteiger partial charge on any atom is -0.496 e. The molecule has 4 heteroatoms. The van der Waals surface area contributed by atoms with E-state index in [1.165, 1.54) is 11.1 Å². The monoisotopic (exact) mass is 315 g/mol. The molecule has 0 saturated heterocycles. The van der Waals surface area contributed by atoms with E-state index in [1.54, 1.807) is 21.3 Å². The molecule has 0 radical (unpaired) electrons. The number of hydrogen-bond acceptors (Lipinski definition) is 4. The summed E-state index contributed by atoms with van der Waals surface area (Å²) in [4.78, 5) is 0. The third-order valence-electron chi connectivity index (χ3n) is 3.96. The van der Waals surface area contributed by atoms with Gasteiger partial charge in [0.2, 0.25) is 0 Å². The van der Waals surface area contributed by atoms with Crippen LogP contribution in [0.4, 0.5) is 0 Å². The van der Waals surface area contributed by atoms with Gasteiger partial charge in [0, 0.05) is 24.2 Å². The maximum absolute atomic E-state index is 5.47. The van der Waals surface area contributed by atoms with E-state index < -0.39 is 0 Å². The lowest BCUT2D eigenvalue weighted by molar-refractivity contribution is 0.346. The van der Waals surface area contributed by atoms with Gasteiger partial charge in [0.15, 0.2) is 11.5 Å². The Labute approximate surface area is 138 Å². The summed E-state index contributed by atoms with van der Waals surface area (Å²) in [5.74, 6) is 2.15. The molecule has 23 heavy (non-hydrogen) atoms.